The molecule has 1 fully saturated rings. The van der Waals surface area contributed by atoms with Gasteiger partial charge in [-0.1, -0.05) is 0 Å². The van der Waals surface area contributed by atoms with Gasteiger partial charge in [0.1, 0.15) is 5.69 Å². The SMILES string of the molecule is N#CCN1CCC[C@H](c2ccnc(Nc3nc(C(=O)NCCCCn4ccnc4)cs3)n2)C1. The number of unbranched alkanes of at least 4 members (excludes halogenated alkanes) is 1. The Bertz CT molecular complexity index is 1080. The largest absolute Gasteiger partial charge is 0.351 e. The maximum Gasteiger partial charge on any atom is 0.270 e. The third-order valence-corrected chi connectivity index (χ3v) is 6.30. The summed E-state index contributed by atoms with van der Waals surface area (Å²) < 4.78 is 2.02. The van der Waals surface area contributed by atoms with Crippen molar-refractivity contribution in [3.05, 3.63) is 47.8 Å². The van der Waals surface area contributed by atoms with Crippen molar-refractivity contribution in [3.63, 3.8) is 0 Å². The summed E-state index contributed by atoms with van der Waals surface area (Å²) >= 11 is 1.35. The van der Waals surface area contributed by atoms with Crippen LogP contribution in [0.4, 0.5) is 11.1 Å². The number of likely N-dealkylation sites (tertiary alicyclic amines) is 1. The molecule has 1 aliphatic rings. The number of thiazole rings is 1. The molecule has 0 aromatic carbocycles. The molecule has 3 aromatic rings. The number of aryl methyl sites for hydroxylation is 1. The molecule has 1 atom stereocenters. The minimum absolute atomic E-state index is 0.184. The zero-order valence-corrected chi connectivity index (χ0v) is 19.2. The summed E-state index contributed by atoms with van der Waals surface area (Å²) in [4.78, 5) is 31.9. The van der Waals surface area contributed by atoms with E-state index in [-0.39, 0.29) is 11.8 Å². The molecule has 2 N–H and O–H groups in total. The van der Waals surface area contributed by atoms with Gasteiger partial charge in [-0.15, -0.1) is 11.3 Å². The fourth-order valence-electron chi connectivity index (χ4n) is 3.86. The molecule has 11 heteroatoms. The minimum Gasteiger partial charge on any atom is -0.351 e. The Kier molecular flexibility index (Phi) is 7.94. The molecule has 33 heavy (non-hydrogen) atoms. The van der Waals surface area contributed by atoms with Crippen LogP contribution in [0, 0.1) is 11.3 Å². The molecule has 0 radical (unpaired) electrons. The molecule has 4 rings (SSSR count). The standard InChI is InChI=1S/C22H27N9OS/c23-6-12-30-11-3-4-17(14-30)18-5-8-26-21(27-18)29-22-28-19(15-33-22)20(32)25-7-1-2-10-31-13-9-24-16-31/h5,8-9,13,15-17H,1-4,7,10-12,14H2,(H,25,32)(H,26,27,28,29)/t17-/m0/s1. The normalized spacial score (nSPS) is 16.3. The Morgan fingerprint density at radius 3 is 3.09 bits per heavy atom. The van der Waals surface area contributed by atoms with Crippen LogP contribution in [0.1, 0.15) is 47.8 Å². The first-order valence-corrected chi connectivity index (χ1v) is 12.0. The number of carbonyl (C=O) groups excluding carboxylic acids is 1. The Labute approximate surface area is 196 Å². The number of piperidine rings is 1. The average Bonchev–Trinajstić information content (AvgIpc) is 3.52. The van der Waals surface area contributed by atoms with E-state index >= 15 is 0 Å². The van der Waals surface area contributed by atoms with Gasteiger partial charge in [0.25, 0.3) is 5.91 Å². The van der Waals surface area contributed by atoms with Crippen molar-refractivity contribution in [2.75, 3.05) is 31.5 Å². The van der Waals surface area contributed by atoms with E-state index in [1.54, 1.807) is 24.1 Å². The number of anilines is 2. The number of nitrogens with one attached hydrogen (secondary N) is 2. The quantitative estimate of drug-likeness (QED) is 0.346. The summed E-state index contributed by atoms with van der Waals surface area (Å²) in [5.41, 5.74) is 1.34. The summed E-state index contributed by atoms with van der Waals surface area (Å²) in [5.74, 6) is 0.559. The number of aromatic nitrogens is 5. The van der Waals surface area contributed by atoms with E-state index in [0.717, 1.165) is 51.0 Å². The number of nitrogens with zero attached hydrogens (tertiary/aromatic N) is 7. The summed E-state index contributed by atoms with van der Waals surface area (Å²) in [7, 11) is 0. The lowest BCUT2D eigenvalue weighted by molar-refractivity contribution is 0.0948. The number of amides is 1. The van der Waals surface area contributed by atoms with Crippen LogP contribution in [-0.2, 0) is 6.54 Å². The Hall–Kier alpha value is -3.36. The molecule has 172 valence electrons. The highest BCUT2D eigenvalue weighted by atomic mass is 32.1. The molecule has 10 nitrogen and oxygen atoms in total. The van der Waals surface area contributed by atoms with Gasteiger partial charge in [-0.05, 0) is 38.3 Å². The topological polar surface area (TPSA) is 125 Å². The van der Waals surface area contributed by atoms with E-state index in [4.69, 9.17) is 5.26 Å². The highest BCUT2D eigenvalue weighted by molar-refractivity contribution is 7.14. The van der Waals surface area contributed by atoms with Crippen LogP contribution in [0.3, 0.4) is 0 Å². The van der Waals surface area contributed by atoms with Gasteiger partial charge < -0.3 is 15.2 Å². The van der Waals surface area contributed by atoms with Gasteiger partial charge >= 0.3 is 0 Å². The highest BCUT2D eigenvalue weighted by Crippen LogP contribution is 2.26. The van der Waals surface area contributed by atoms with Crippen molar-refractivity contribution in [1.29, 1.82) is 5.26 Å². The second-order valence-corrected chi connectivity index (χ2v) is 8.82. The lowest BCUT2D eigenvalue weighted by atomic mass is 9.94. The number of hydrogen-bond donors (Lipinski definition) is 2. The molecule has 1 aliphatic heterocycles. The number of nitriles is 1. The zero-order valence-electron chi connectivity index (χ0n) is 18.4. The Morgan fingerprint density at radius 2 is 2.24 bits per heavy atom. The molecule has 0 spiro atoms. The molecule has 4 heterocycles. The van der Waals surface area contributed by atoms with Gasteiger partial charge in [-0.2, -0.15) is 5.26 Å². The second kappa shape index (κ2) is 11.5. The molecular formula is C22H27N9OS. The summed E-state index contributed by atoms with van der Waals surface area (Å²) in [6.07, 6.45) is 11.2. The lowest BCUT2D eigenvalue weighted by Gasteiger charge is -2.30. The Morgan fingerprint density at radius 1 is 1.30 bits per heavy atom. The Balaban J connectivity index is 1.26. The van der Waals surface area contributed by atoms with Crippen molar-refractivity contribution in [1.82, 2.24) is 34.7 Å². The fourth-order valence-corrected chi connectivity index (χ4v) is 4.55. The molecule has 0 saturated carbocycles. The van der Waals surface area contributed by atoms with E-state index in [9.17, 15) is 4.79 Å². The lowest BCUT2D eigenvalue weighted by Crippen LogP contribution is -2.34. The van der Waals surface area contributed by atoms with Crippen LogP contribution in [0.25, 0.3) is 0 Å². The average molecular weight is 466 g/mol. The van der Waals surface area contributed by atoms with Crippen LogP contribution >= 0.6 is 11.3 Å². The van der Waals surface area contributed by atoms with Crippen molar-refractivity contribution in [2.24, 2.45) is 0 Å². The summed E-state index contributed by atoms with van der Waals surface area (Å²) in [6, 6.07) is 4.16. The first-order chi connectivity index (χ1) is 16.2. The molecule has 1 saturated heterocycles. The number of imidazole rings is 1. The third-order valence-electron chi connectivity index (χ3n) is 5.54. The van der Waals surface area contributed by atoms with Gasteiger partial charge in [0, 0.05) is 49.5 Å². The van der Waals surface area contributed by atoms with Crippen LogP contribution in [0.2, 0.25) is 0 Å². The molecule has 0 aliphatic carbocycles. The van der Waals surface area contributed by atoms with Gasteiger partial charge in [-0.25, -0.2) is 19.9 Å². The maximum absolute atomic E-state index is 12.4. The smallest absolute Gasteiger partial charge is 0.270 e. The number of hydrogen-bond acceptors (Lipinski definition) is 9. The minimum atomic E-state index is -0.184. The number of rotatable bonds is 10. The molecular weight excluding hydrogens is 438 g/mol. The predicted octanol–water partition coefficient (Wildman–Crippen LogP) is 2.79. The van der Waals surface area contributed by atoms with E-state index < -0.39 is 0 Å². The summed E-state index contributed by atoms with van der Waals surface area (Å²) in [5, 5.41) is 17.3. The van der Waals surface area contributed by atoms with Crippen LogP contribution in [0.15, 0.2) is 36.4 Å². The second-order valence-electron chi connectivity index (χ2n) is 7.96. The van der Waals surface area contributed by atoms with Crippen molar-refractivity contribution < 1.29 is 4.79 Å². The van der Waals surface area contributed by atoms with E-state index in [0.29, 0.717) is 29.9 Å². The number of carbonyl (C=O) groups is 1. The maximum atomic E-state index is 12.4. The summed E-state index contributed by atoms with van der Waals surface area (Å²) in [6.45, 7) is 3.71. The van der Waals surface area contributed by atoms with E-state index in [1.165, 1.54) is 11.3 Å². The van der Waals surface area contributed by atoms with Crippen LogP contribution in [0.5, 0.6) is 0 Å². The van der Waals surface area contributed by atoms with Gasteiger partial charge in [0.2, 0.25) is 5.95 Å². The van der Waals surface area contributed by atoms with Crippen LogP contribution in [-0.4, -0.2) is 61.5 Å². The van der Waals surface area contributed by atoms with Crippen LogP contribution < -0.4 is 10.6 Å². The zero-order chi connectivity index (χ0) is 22.9. The van der Waals surface area contributed by atoms with Gasteiger partial charge in [-0.3, -0.25) is 9.69 Å². The first kappa shape index (κ1) is 22.8. The molecule has 0 bridgehead atoms. The van der Waals surface area contributed by atoms with Gasteiger partial charge in [0.15, 0.2) is 5.13 Å². The predicted molar refractivity (Wildman–Crippen MR) is 125 cm³/mol. The van der Waals surface area contributed by atoms with Gasteiger partial charge in [0.05, 0.1) is 24.6 Å². The van der Waals surface area contributed by atoms with Crippen molar-refractivity contribution in [2.45, 2.75) is 38.1 Å². The van der Waals surface area contributed by atoms with Crippen molar-refractivity contribution >= 4 is 28.3 Å². The van der Waals surface area contributed by atoms with Crippen molar-refractivity contribution in [3.8, 4) is 6.07 Å². The highest BCUT2D eigenvalue weighted by Gasteiger charge is 2.22. The molecule has 3 aromatic heterocycles. The first-order valence-electron chi connectivity index (χ1n) is 11.1. The third kappa shape index (κ3) is 6.57. The fraction of sp³-hybridized carbons (Fsp3) is 0.455. The molecule has 0 unspecified atom stereocenters. The molecule has 1 amide bonds. The van der Waals surface area contributed by atoms with E-state index in [2.05, 4.69) is 41.5 Å². The monoisotopic (exact) mass is 465 g/mol. The van der Waals surface area contributed by atoms with E-state index in [1.807, 2.05) is 16.8 Å².